The molecule has 3 aromatic rings. The van der Waals surface area contributed by atoms with Gasteiger partial charge in [0.2, 0.25) is 0 Å². The summed E-state index contributed by atoms with van der Waals surface area (Å²) in [6.07, 6.45) is 1.85. The number of carbonyl (C=O) groups is 1. The fourth-order valence-corrected chi connectivity index (χ4v) is 4.16. The van der Waals surface area contributed by atoms with Crippen molar-refractivity contribution in [2.24, 2.45) is 0 Å². The molecule has 1 aliphatic rings. The maximum atomic E-state index is 12.9. The fourth-order valence-electron chi connectivity index (χ4n) is 3.15. The molecule has 4 rings (SSSR count). The topological polar surface area (TPSA) is 94.8 Å². The van der Waals surface area contributed by atoms with E-state index in [1.54, 1.807) is 36.4 Å². The number of nitrogens with one attached hydrogen (secondary N) is 1. The summed E-state index contributed by atoms with van der Waals surface area (Å²) < 4.78 is 40.7. The summed E-state index contributed by atoms with van der Waals surface area (Å²) in [7, 11) is -3.39. The number of carbonyl (C=O) groups excluding carboxylic acids is 1. The summed E-state index contributed by atoms with van der Waals surface area (Å²) in [5.74, 6) is -0.00651. The number of halogens is 1. The molecule has 1 amide bonds. The first kappa shape index (κ1) is 19.6. The summed E-state index contributed by atoms with van der Waals surface area (Å²) in [4.78, 5) is 12.9. The molecule has 0 fully saturated rings. The van der Waals surface area contributed by atoms with Crippen LogP contribution in [0.15, 0.2) is 40.8 Å². The van der Waals surface area contributed by atoms with Gasteiger partial charge in [0.1, 0.15) is 5.58 Å². The Labute approximate surface area is 172 Å². The predicted octanol–water partition coefficient (Wildman–Crippen LogP) is 4.04. The van der Waals surface area contributed by atoms with Crippen molar-refractivity contribution < 1.29 is 27.1 Å². The maximum absolute atomic E-state index is 12.9. The molecule has 0 saturated carbocycles. The molecule has 0 saturated heterocycles. The Kier molecular flexibility index (Phi) is 5.14. The van der Waals surface area contributed by atoms with Gasteiger partial charge in [-0.2, -0.15) is 0 Å². The number of sulfone groups is 1. The summed E-state index contributed by atoms with van der Waals surface area (Å²) >= 11 is 6.29. The number of fused-ring (bicyclic) bond motifs is 2. The Morgan fingerprint density at radius 3 is 2.55 bits per heavy atom. The summed E-state index contributed by atoms with van der Waals surface area (Å²) in [6.45, 7) is 1.01. The Morgan fingerprint density at radius 1 is 1.14 bits per heavy atom. The van der Waals surface area contributed by atoms with Crippen molar-refractivity contribution in [2.45, 2.75) is 12.2 Å². The zero-order valence-electron chi connectivity index (χ0n) is 15.5. The second-order valence-corrected chi connectivity index (χ2v) is 9.31. The maximum Gasteiger partial charge on any atom is 0.291 e. The van der Waals surface area contributed by atoms with Crippen molar-refractivity contribution >= 4 is 44.0 Å². The molecule has 1 aliphatic heterocycles. The van der Waals surface area contributed by atoms with Gasteiger partial charge in [-0.25, -0.2) is 8.42 Å². The van der Waals surface area contributed by atoms with Gasteiger partial charge in [-0.3, -0.25) is 4.79 Å². The first-order valence-corrected chi connectivity index (χ1v) is 11.3. The second-order valence-electron chi connectivity index (χ2n) is 6.76. The normalized spacial score (nSPS) is 13.9. The van der Waals surface area contributed by atoms with E-state index in [4.69, 9.17) is 25.5 Å². The smallest absolute Gasteiger partial charge is 0.291 e. The predicted molar refractivity (Wildman–Crippen MR) is 110 cm³/mol. The van der Waals surface area contributed by atoms with Gasteiger partial charge in [-0.1, -0.05) is 29.8 Å². The van der Waals surface area contributed by atoms with Gasteiger partial charge < -0.3 is 19.2 Å². The zero-order chi connectivity index (χ0) is 20.6. The molecule has 0 atom stereocenters. The van der Waals surface area contributed by atoms with E-state index in [1.165, 1.54) is 0 Å². The summed E-state index contributed by atoms with van der Waals surface area (Å²) in [5.41, 5.74) is 1.05. The second kappa shape index (κ2) is 7.61. The average Bonchev–Trinajstić information content (AvgIpc) is 2.85. The third-order valence-electron chi connectivity index (χ3n) is 4.40. The molecule has 2 aromatic carbocycles. The number of hydrogen-bond acceptors (Lipinski definition) is 6. The van der Waals surface area contributed by atoms with Crippen LogP contribution in [0.2, 0.25) is 5.02 Å². The number of ether oxygens (including phenoxy) is 2. The Bertz CT molecular complexity index is 1200. The van der Waals surface area contributed by atoms with Crippen molar-refractivity contribution in [1.82, 2.24) is 0 Å². The van der Waals surface area contributed by atoms with Crippen LogP contribution in [0.3, 0.4) is 0 Å². The monoisotopic (exact) mass is 435 g/mol. The number of para-hydroxylation sites is 1. The molecule has 2 heterocycles. The summed E-state index contributed by atoms with van der Waals surface area (Å²) in [5, 5.41) is 3.53. The molecule has 1 N–H and O–H groups in total. The van der Waals surface area contributed by atoms with Gasteiger partial charge >= 0.3 is 0 Å². The van der Waals surface area contributed by atoms with Crippen molar-refractivity contribution in [1.29, 1.82) is 0 Å². The molecule has 7 nitrogen and oxygen atoms in total. The lowest BCUT2D eigenvalue weighted by Gasteiger charge is -2.12. The van der Waals surface area contributed by atoms with Crippen LogP contribution in [0.25, 0.3) is 11.0 Å². The average molecular weight is 436 g/mol. The SMILES string of the molecule is CS(=O)(=O)Cc1c(C(=O)Nc2cc3c(cc2Cl)OCCCO3)oc2ccccc12. The van der Waals surface area contributed by atoms with Crippen molar-refractivity contribution in [2.75, 3.05) is 24.8 Å². The van der Waals surface area contributed by atoms with Crippen molar-refractivity contribution in [3.63, 3.8) is 0 Å². The molecule has 0 aliphatic carbocycles. The van der Waals surface area contributed by atoms with Crippen molar-refractivity contribution in [3.05, 3.63) is 52.7 Å². The lowest BCUT2D eigenvalue weighted by atomic mass is 10.1. The first-order valence-electron chi connectivity index (χ1n) is 8.90. The number of anilines is 1. The molecular formula is C20H18ClNO6S. The van der Waals surface area contributed by atoms with E-state index in [1.807, 2.05) is 0 Å². The van der Waals surface area contributed by atoms with Crippen LogP contribution < -0.4 is 14.8 Å². The summed E-state index contributed by atoms with van der Waals surface area (Å²) in [6, 6.07) is 10.1. The zero-order valence-corrected chi connectivity index (χ0v) is 17.1. The third kappa shape index (κ3) is 4.18. The van der Waals surface area contributed by atoms with E-state index in [9.17, 15) is 13.2 Å². The standard InChI is InChI=1S/C20H18ClNO6S/c1-29(24,25)11-13-12-5-2-3-6-16(12)28-19(13)20(23)22-15-10-18-17(9-14(15)21)26-7-4-8-27-18/h2-3,5-6,9-10H,4,7-8,11H2,1H3,(H,22,23). The Balaban J connectivity index is 1.71. The van der Waals surface area contributed by atoms with E-state index < -0.39 is 15.7 Å². The minimum Gasteiger partial charge on any atom is -0.490 e. The van der Waals surface area contributed by atoms with Gasteiger partial charge in [-0.15, -0.1) is 0 Å². The van der Waals surface area contributed by atoms with Gasteiger partial charge in [0.25, 0.3) is 5.91 Å². The molecule has 152 valence electrons. The van der Waals surface area contributed by atoms with Gasteiger partial charge in [0.05, 0.1) is 29.7 Å². The molecule has 29 heavy (non-hydrogen) atoms. The van der Waals surface area contributed by atoms with Crippen LogP contribution in [0.5, 0.6) is 11.5 Å². The Hall–Kier alpha value is -2.71. The minimum atomic E-state index is -3.39. The highest BCUT2D eigenvalue weighted by atomic mass is 35.5. The van der Waals surface area contributed by atoms with Crippen LogP contribution >= 0.6 is 11.6 Å². The first-order chi connectivity index (χ1) is 13.8. The molecule has 1 aromatic heterocycles. The molecular weight excluding hydrogens is 418 g/mol. The highest BCUT2D eigenvalue weighted by Gasteiger charge is 2.24. The Morgan fingerprint density at radius 2 is 1.83 bits per heavy atom. The van der Waals surface area contributed by atoms with Gasteiger partial charge in [0.15, 0.2) is 27.1 Å². The highest BCUT2D eigenvalue weighted by Crippen LogP contribution is 2.38. The number of amides is 1. The number of furan rings is 1. The van der Waals surface area contributed by atoms with Crippen LogP contribution in [-0.4, -0.2) is 33.8 Å². The van der Waals surface area contributed by atoms with E-state index in [0.29, 0.717) is 46.9 Å². The fraction of sp³-hybridized carbons (Fsp3) is 0.250. The number of rotatable bonds is 4. The van der Waals surface area contributed by atoms with Crippen LogP contribution in [0.4, 0.5) is 5.69 Å². The lowest BCUT2D eigenvalue weighted by molar-refractivity contribution is 0.0998. The largest absolute Gasteiger partial charge is 0.490 e. The molecule has 9 heteroatoms. The molecule has 0 spiro atoms. The van der Waals surface area contributed by atoms with Crippen LogP contribution in [0.1, 0.15) is 22.5 Å². The molecule has 0 radical (unpaired) electrons. The number of benzene rings is 2. The molecule has 0 bridgehead atoms. The van der Waals surface area contributed by atoms with E-state index in [2.05, 4.69) is 5.32 Å². The van der Waals surface area contributed by atoms with Gasteiger partial charge in [-0.05, 0) is 6.07 Å². The van der Waals surface area contributed by atoms with Crippen LogP contribution in [-0.2, 0) is 15.6 Å². The van der Waals surface area contributed by atoms with Crippen molar-refractivity contribution in [3.8, 4) is 11.5 Å². The highest BCUT2D eigenvalue weighted by molar-refractivity contribution is 7.89. The number of hydrogen-bond donors (Lipinski definition) is 1. The van der Waals surface area contributed by atoms with Gasteiger partial charge in [0, 0.05) is 35.8 Å². The quantitative estimate of drug-likeness (QED) is 0.664. The lowest BCUT2D eigenvalue weighted by Crippen LogP contribution is -2.15. The molecule has 0 unspecified atom stereocenters. The minimum absolute atomic E-state index is 0.0696. The van der Waals surface area contributed by atoms with E-state index in [0.717, 1.165) is 12.7 Å². The van der Waals surface area contributed by atoms with E-state index >= 15 is 0 Å². The van der Waals surface area contributed by atoms with Crippen LogP contribution in [0, 0.1) is 0 Å². The third-order valence-corrected chi connectivity index (χ3v) is 5.52. The van der Waals surface area contributed by atoms with E-state index in [-0.39, 0.29) is 16.5 Å².